The van der Waals surface area contributed by atoms with Crippen LogP contribution in [0.1, 0.15) is 12.6 Å². The van der Waals surface area contributed by atoms with E-state index < -0.39 is 0 Å². The summed E-state index contributed by atoms with van der Waals surface area (Å²) in [6, 6.07) is 46.8. The highest BCUT2D eigenvalue weighted by atomic mass is 14.7. The Balaban J connectivity index is 1.40. The molecule has 0 saturated carbocycles. The van der Waals surface area contributed by atoms with Gasteiger partial charge in [0, 0.05) is 22.5 Å². The Kier molecular flexibility index (Phi) is 6.94. The van der Waals surface area contributed by atoms with E-state index >= 15 is 0 Å². The maximum Gasteiger partial charge on any atom is 0.0780 e. The number of fused-ring (bicyclic) bond motifs is 2. The summed E-state index contributed by atoms with van der Waals surface area (Å²) in [6.07, 6.45) is 6.16. The number of para-hydroxylation sites is 1. The monoisotopic (exact) mass is 550 g/mol. The van der Waals surface area contributed by atoms with Crippen LogP contribution in [0.15, 0.2) is 146 Å². The van der Waals surface area contributed by atoms with Crippen molar-refractivity contribution < 1.29 is 0 Å². The number of nitrogens with zero attached hydrogens (tertiary/aromatic N) is 2. The molecule has 0 unspecified atom stereocenters. The molecule has 0 spiro atoms. The van der Waals surface area contributed by atoms with Crippen molar-refractivity contribution in [1.82, 2.24) is 9.97 Å². The van der Waals surface area contributed by atoms with Crippen molar-refractivity contribution in [2.75, 3.05) is 0 Å². The fourth-order valence-corrected chi connectivity index (χ4v) is 5.74. The average molecular weight is 551 g/mol. The maximum absolute atomic E-state index is 5.22. The molecule has 2 aromatic heterocycles. The van der Waals surface area contributed by atoms with E-state index in [1.165, 1.54) is 5.56 Å². The lowest BCUT2D eigenvalue weighted by atomic mass is 9.94. The van der Waals surface area contributed by atoms with E-state index in [2.05, 4.69) is 134 Å². The van der Waals surface area contributed by atoms with E-state index in [-0.39, 0.29) is 0 Å². The minimum atomic E-state index is 0.931. The summed E-state index contributed by atoms with van der Waals surface area (Å²) in [7, 11) is 0. The van der Waals surface area contributed by atoms with Gasteiger partial charge in [0.15, 0.2) is 0 Å². The van der Waals surface area contributed by atoms with Gasteiger partial charge in [-0.2, -0.15) is 0 Å². The first-order valence-electron chi connectivity index (χ1n) is 14.6. The largest absolute Gasteiger partial charge is 0.256 e. The molecular weight excluding hydrogens is 520 g/mol. The molecule has 0 aliphatic carbocycles. The first-order chi connectivity index (χ1) is 21.2. The number of pyridine rings is 2. The van der Waals surface area contributed by atoms with Crippen molar-refractivity contribution in [3.63, 3.8) is 0 Å². The molecule has 0 saturated heterocycles. The highest BCUT2D eigenvalue weighted by Gasteiger charge is 2.13. The number of aromatic nitrogens is 2. The van der Waals surface area contributed by atoms with Crippen molar-refractivity contribution in [2.24, 2.45) is 0 Å². The van der Waals surface area contributed by atoms with Gasteiger partial charge in [-0.1, -0.05) is 128 Å². The second kappa shape index (κ2) is 11.3. The summed E-state index contributed by atoms with van der Waals surface area (Å²) in [5, 5.41) is 4.34. The maximum atomic E-state index is 5.22. The van der Waals surface area contributed by atoms with Crippen LogP contribution in [-0.4, -0.2) is 9.97 Å². The third-order valence-corrected chi connectivity index (χ3v) is 8.03. The van der Waals surface area contributed by atoms with Crippen LogP contribution in [0, 0.1) is 0 Å². The molecule has 43 heavy (non-hydrogen) atoms. The topological polar surface area (TPSA) is 25.8 Å². The van der Waals surface area contributed by atoms with E-state index in [0.29, 0.717) is 0 Å². The van der Waals surface area contributed by atoms with Crippen molar-refractivity contribution in [1.29, 1.82) is 0 Å². The first kappa shape index (κ1) is 26.3. The summed E-state index contributed by atoms with van der Waals surface area (Å²) in [6.45, 7) is 6.30. The molecule has 0 atom stereocenters. The first-order valence-corrected chi connectivity index (χ1v) is 14.6. The van der Waals surface area contributed by atoms with Crippen LogP contribution in [0.25, 0.3) is 73.4 Å². The smallest absolute Gasteiger partial charge is 0.0780 e. The summed E-state index contributed by atoms with van der Waals surface area (Å²) in [5.74, 6) is 0. The Morgan fingerprint density at radius 1 is 0.628 bits per heavy atom. The van der Waals surface area contributed by atoms with Crippen molar-refractivity contribution in [3.05, 3.63) is 162 Å². The van der Waals surface area contributed by atoms with Gasteiger partial charge in [-0.05, 0) is 75.0 Å². The van der Waals surface area contributed by atoms with E-state index in [1.807, 2.05) is 36.5 Å². The van der Waals surface area contributed by atoms with Crippen LogP contribution in [0.3, 0.4) is 0 Å². The van der Waals surface area contributed by atoms with Crippen LogP contribution < -0.4 is 10.4 Å². The molecule has 7 rings (SSSR count). The summed E-state index contributed by atoms with van der Waals surface area (Å²) in [4.78, 5) is 9.89. The molecule has 0 N–H and O–H groups in total. The molecule has 0 aliphatic heterocycles. The standard InChI is InChI=1S/C41H30N2/c1-3-29(25-34-14-8-7-11-28(34)2)39-27-38(37-23-22-35(26-40(37)43-39)30-12-5-4-6-13-30)32-20-18-31(19-21-32)36-17-9-15-33-16-10-24-42-41(33)36/h3-27H,2H2,1H3/b29-3+,34-25-. The number of hydrogen-bond donors (Lipinski definition) is 0. The number of benzene rings is 5. The molecule has 2 heteroatoms. The SMILES string of the molecule is C=c1cccc/c1=C/C(=C\C)c1cc(-c2ccc(-c3cccc4cccnc34)cc2)c2ccc(-c3ccccc3)cc2n1. The van der Waals surface area contributed by atoms with Gasteiger partial charge < -0.3 is 0 Å². The van der Waals surface area contributed by atoms with E-state index in [1.54, 1.807) is 0 Å². The van der Waals surface area contributed by atoms with Crippen LogP contribution >= 0.6 is 0 Å². The molecule has 0 radical (unpaired) electrons. The van der Waals surface area contributed by atoms with Gasteiger partial charge in [-0.15, -0.1) is 0 Å². The Morgan fingerprint density at radius 3 is 2.14 bits per heavy atom. The lowest BCUT2D eigenvalue weighted by Gasteiger charge is -2.13. The zero-order valence-electron chi connectivity index (χ0n) is 24.0. The van der Waals surface area contributed by atoms with E-state index in [0.717, 1.165) is 71.3 Å². The fraction of sp³-hybridized carbons (Fsp3) is 0.0244. The Morgan fingerprint density at radius 2 is 1.35 bits per heavy atom. The predicted octanol–water partition coefficient (Wildman–Crippen LogP) is 9.08. The lowest BCUT2D eigenvalue weighted by Crippen LogP contribution is -2.21. The molecule has 0 aliphatic rings. The second-order valence-corrected chi connectivity index (χ2v) is 10.7. The Labute approximate surface area is 251 Å². The number of allylic oxidation sites excluding steroid dienone is 2. The van der Waals surface area contributed by atoms with Gasteiger partial charge >= 0.3 is 0 Å². The van der Waals surface area contributed by atoms with E-state index in [4.69, 9.17) is 4.98 Å². The van der Waals surface area contributed by atoms with Crippen LogP contribution in [-0.2, 0) is 0 Å². The van der Waals surface area contributed by atoms with Gasteiger partial charge in [-0.3, -0.25) is 4.98 Å². The zero-order valence-corrected chi connectivity index (χ0v) is 24.0. The van der Waals surface area contributed by atoms with Crippen molar-refractivity contribution >= 4 is 40.0 Å². The Hall–Kier alpha value is -5.60. The minimum absolute atomic E-state index is 0.931. The molecule has 0 bridgehead atoms. The molecule has 0 fully saturated rings. The van der Waals surface area contributed by atoms with Gasteiger partial charge in [-0.25, -0.2) is 4.98 Å². The van der Waals surface area contributed by atoms with Crippen molar-refractivity contribution in [3.8, 4) is 33.4 Å². The zero-order chi connectivity index (χ0) is 29.2. The lowest BCUT2D eigenvalue weighted by molar-refractivity contribution is 1.35. The number of rotatable bonds is 5. The molecule has 2 nitrogen and oxygen atoms in total. The van der Waals surface area contributed by atoms with Crippen LogP contribution in [0.4, 0.5) is 0 Å². The third kappa shape index (κ3) is 5.16. The average Bonchev–Trinajstić information content (AvgIpc) is 3.07. The normalized spacial score (nSPS) is 12.2. The fourth-order valence-electron chi connectivity index (χ4n) is 5.74. The molecule has 7 aromatic rings. The summed E-state index contributed by atoms with van der Waals surface area (Å²) >= 11 is 0. The molecule has 5 aromatic carbocycles. The molecule has 0 amide bonds. The minimum Gasteiger partial charge on any atom is -0.256 e. The molecular formula is C41H30N2. The quantitative estimate of drug-likeness (QED) is 0.214. The summed E-state index contributed by atoms with van der Waals surface area (Å²) in [5.41, 5.74) is 10.9. The highest BCUT2D eigenvalue weighted by molar-refractivity contribution is 6.00. The highest BCUT2D eigenvalue weighted by Crippen LogP contribution is 2.35. The van der Waals surface area contributed by atoms with E-state index in [9.17, 15) is 0 Å². The Bertz CT molecular complexity index is 2240. The van der Waals surface area contributed by atoms with Crippen LogP contribution in [0.2, 0.25) is 0 Å². The summed E-state index contributed by atoms with van der Waals surface area (Å²) < 4.78 is 0. The van der Waals surface area contributed by atoms with Gasteiger partial charge in [0.05, 0.1) is 16.7 Å². The van der Waals surface area contributed by atoms with Gasteiger partial charge in [0.2, 0.25) is 0 Å². The van der Waals surface area contributed by atoms with Gasteiger partial charge in [0.25, 0.3) is 0 Å². The third-order valence-electron chi connectivity index (χ3n) is 8.03. The van der Waals surface area contributed by atoms with Gasteiger partial charge in [0.1, 0.15) is 0 Å². The second-order valence-electron chi connectivity index (χ2n) is 10.7. The molecule has 204 valence electrons. The number of hydrogen-bond acceptors (Lipinski definition) is 2. The molecule has 2 heterocycles. The van der Waals surface area contributed by atoms with Crippen molar-refractivity contribution in [2.45, 2.75) is 6.92 Å². The van der Waals surface area contributed by atoms with Crippen LogP contribution in [0.5, 0.6) is 0 Å². The predicted molar refractivity (Wildman–Crippen MR) is 183 cm³/mol.